The Balaban J connectivity index is 2.18. The predicted octanol–water partition coefficient (Wildman–Crippen LogP) is 4.23. The highest BCUT2D eigenvalue weighted by atomic mass is 15.0. The van der Waals surface area contributed by atoms with E-state index in [9.17, 15) is 0 Å². The van der Waals surface area contributed by atoms with Gasteiger partial charge in [-0.3, -0.25) is 0 Å². The van der Waals surface area contributed by atoms with Gasteiger partial charge < -0.3 is 11.1 Å². The lowest BCUT2D eigenvalue weighted by molar-refractivity contribution is 0.554. The molecule has 20 heavy (non-hydrogen) atoms. The van der Waals surface area contributed by atoms with Gasteiger partial charge in [-0.15, -0.1) is 0 Å². The molecule has 0 radical (unpaired) electrons. The van der Waals surface area contributed by atoms with Crippen LogP contribution in [0.3, 0.4) is 0 Å². The molecule has 0 atom stereocenters. The van der Waals surface area contributed by atoms with Crippen LogP contribution >= 0.6 is 0 Å². The largest absolute Gasteiger partial charge is 0.376 e. The highest BCUT2D eigenvalue weighted by Crippen LogP contribution is 2.26. The molecule has 0 heterocycles. The van der Waals surface area contributed by atoms with E-state index in [-0.39, 0.29) is 11.1 Å². The summed E-state index contributed by atoms with van der Waals surface area (Å²) in [5, 5.41) is 3.57. The lowest BCUT2D eigenvalue weighted by Crippen LogP contribution is -2.29. The highest BCUT2D eigenvalue weighted by Gasteiger charge is 2.20. The van der Waals surface area contributed by atoms with E-state index >= 15 is 0 Å². The molecule has 0 aliphatic rings. The predicted molar refractivity (Wildman–Crippen MR) is 86.7 cm³/mol. The van der Waals surface area contributed by atoms with Crippen molar-refractivity contribution in [2.24, 2.45) is 5.73 Å². The molecule has 2 rings (SSSR count). The van der Waals surface area contributed by atoms with Gasteiger partial charge in [0.15, 0.2) is 0 Å². The fraction of sp³-hybridized carbons (Fsp3) is 0.333. The standard InChI is InChI=1S/C18H24N2/c1-17(2,19)14-10-12-16(13-11-14)20-18(3,4)15-8-6-5-7-9-15/h5-13,20H,19H2,1-4H3. The quantitative estimate of drug-likeness (QED) is 0.871. The molecular formula is C18H24N2. The van der Waals surface area contributed by atoms with Gasteiger partial charge in [-0.25, -0.2) is 0 Å². The third kappa shape index (κ3) is 3.40. The van der Waals surface area contributed by atoms with Crippen LogP contribution in [-0.2, 0) is 11.1 Å². The molecule has 0 fully saturated rings. The first-order valence-corrected chi connectivity index (χ1v) is 7.02. The average molecular weight is 268 g/mol. The zero-order valence-electron chi connectivity index (χ0n) is 12.8. The summed E-state index contributed by atoms with van der Waals surface area (Å²) in [5.41, 5.74) is 9.21. The van der Waals surface area contributed by atoms with Crippen molar-refractivity contribution in [3.8, 4) is 0 Å². The van der Waals surface area contributed by atoms with E-state index in [4.69, 9.17) is 5.73 Å². The minimum atomic E-state index is -0.298. The smallest absolute Gasteiger partial charge is 0.0569 e. The molecule has 2 nitrogen and oxygen atoms in total. The van der Waals surface area contributed by atoms with E-state index in [1.54, 1.807) is 0 Å². The SMILES string of the molecule is CC(C)(N)c1ccc(NC(C)(C)c2ccccc2)cc1. The van der Waals surface area contributed by atoms with E-state index in [0.29, 0.717) is 0 Å². The van der Waals surface area contributed by atoms with Crippen molar-refractivity contribution < 1.29 is 0 Å². The summed E-state index contributed by atoms with van der Waals surface area (Å²) in [7, 11) is 0. The van der Waals surface area contributed by atoms with Crippen molar-refractivity contribution in [1.29, 1.82) is 0 Å². The minimum Gasteiger partial charge on any atom is -0.376 e. The first-order chi connectivity index (χ1) is 9.29. The topological polar surface area (TPSA) is 38.0 Å². The van der Waals surface area contributed by atoms with Gasteiger partial charge in [-0.05, 0) is 51.0 Å². The van der Waals surface area contributed by atoms with Gasteiger partial charge in [0.1, 0.15) is 0 Å². The molecule has 0 aliphatic carbocycles. The van der Waals surface area contributed by atoms with Crippen LogP contribution in [0.25, 0.3) is 0 Å². The van der Waals surface area contributed by atoms with E-state index in [1.807, 2.05) is 19.9 Å². The van der Waals surface area contributed by atoms with E-state index in [0.717, 1.165) is 11.3 Å². The number of nitrogens with one attached hydrogen (secondary N) is 1. The van der Waals surface area contributed by atoms with Crippen LogP contribution in [0.2, 0.25) is 0 Å². The molecule has 2 heteroatoms. The van der Waals surface area contributed by atoms with Gasteiger partial charge in [0.2, 0.25) is 0 Å². The molecule has 3 N–H and O–H groups in total. The van der Waals surface area contributed by atoms with Crippen LogP contribution in [0.5, 0.6) is 0 Å². The van der Waals surface area contributed by atoms with Crippen LogP contribution in [-0.4, -0.2) is 0 Å². The molecule has 2 aromatic rings. The summed E-state index contributed by atoms with van der Waals surface area (Å²) in [6.45, 7) is 8.40. The van der Waals surface area contributed by atoms with Crippen LogP contribution in [0, 0.1) is 0 Å². The Bertz CT molecular complexity index is 548. The lowest BCUT2D eigenvalue weighted by Gasteiger charge is -2.29. The maximum Gasteiger partial charge on any atom is 0.0569 e. The van der Waals surface area contributed by atoms with Gasteiger partial charge in [0, 0.05) is 11.2 Å². The Kier molecular flexibility index (Phi) is 3.87. The third-order valence-electron chi connectivity index (χ3n) is 3.58. The molecular weight excluding hydrogens is 244 g/mol. The Morgan fingerprint density at radius 1 is 0.750 bits per heavy atom. The summed E-state index contributed by atoms with van der Waals surface area (Å²) < 4.78 is 0. The highest BCUT2D eigenvalue weighted by molar-refractivity contribution is 5.49. The van der Waals surface area contributed by atoms with Crippen LogP contribution in [0.1, 0.15) is 38.8 Å². The zero-order valence-corrected chi connectivity index (χ0v) is 12.8. The van der Waals surface area contributed by atoms with Gasteiger partial charge in [0.25, 0.3) is 0 Å². The van der Waals surface area contributed by atoms with Gasteiger partial charge in [-0.2, -0.15) is 0 Å². The first kappa shape index (κ1) is 14.6. The molecule has 0 unspecified atom stereocenters. The van der Waals surface area contributed by atoms with Crippen molar-refractivity contribution in [3.05, 3.63) is 65.7 Å². The molecule has 0 aromatic heterocycles. The number of nitrogens with two attached hydrogens (primary N) is 1. The number of hydrogen-bond donors (Lipinski definition) is 2. The van der Waals surface area contributed by atoms with E-state index in [1.165, 1.54) is 5.56 Å². The van der Waals surface area contributed by atoms with Crippen molar-refractivity contribution in [2.45, 2.75) is 38.8 Å². The summed E-state index contributed by atoms with van der Waals surface area (Å²) in [5.74, 6) is 0. The summed E-state index contributed by atoms with van der Waals surface area (Å²) in [6, 6.07) is 18.8. The molecule has 0 saturated heterocycles. The number of rotatable bonds is 4. The second-order valence-corrected chi connectivity index (χ2v) is 6.42. The third-order valence-corrected chi connectivity index (χ3v) is 3.58. The maximum absolute atomic E-state index is 6.10. The van der Waals surface area contributed by atoms with Crippen LogP contribution < -0.4 is 11.1 Å². The van der Waals surface area contributed by atoms with Crippen molar-refractivity contribution in [3.63, 3.8) is 0 Å². The molecule has 0 bridgehead atoms. The summed E-state index contributed by atoms with van der Waals surface area (Å²) in [4.78, 5) is 0. The zero-order chi connectivity index (χ0) is 14.8. The molecule has 0 saturated carbocycles. The second-order valence-electron chi connectivity index (χ2n) is 6.42. The monoisotopic (exact) mass is 268 g/mol. The lowest BCUT2D eigenvalue weighted by atomic mass is 9.93. The normalized spacial score (nSPS) is 12.2. The molecule has 0 spiro atoms. The Morgan fingerprint density at radius 2 is 1.30 bits per heavy atom. The molecule has 2 aromatic carbocycles. The second kappa shape index (κ2) is 5.29. The number of hydrogen-bond acceptors (Lipinski definition) is 2. The minimum absolute atomic E-state index is 0.110. The summed E-state index contributed by atoms with van der Waals surface area (Å²) in [6.07, 6.45) is 0. The Morgan fingerprint density at radius 3 is 1.80 bits per heavy atom. The van der Waals surface area contributed by atoms with Gasteiger partial charge in [0.05, 0.1) is 5.54 Å². The van der Waals surface area contributed by atoms with E-state index in [2.05, 4.69) is 67.7 Å². The fourth-order valence-corrected chi connectivity index (χ4v) is 2.27. The fourth-order valence-electron chi connectivity index (χ4n) is 2.27. The van der Waals surface area contributed by atoms with Crippen LogP contribution in [0.15, 0.2) is 54.6 Å². The van der Waals surface area contributed by atoms with Crippen LogP contribution in [0.4, 0.5) is 5.69 Å². The maximum atomic E-state index is 6.10. The van der Waals surface area contributed by atoms with Gasteiger partial charge in [-0.1, -0.05) is 42.5 Å². The van der Waals surface area contributed by atoms with Crippen molar-refractivity contribution in [1.82, 2.24) is 0 Å². The number of anilines is 1. The number of benzene rings is 2. The molecule has 0 aliphatic heterocycles. The molecule has 0 amide bonds. The Hall–Kier alpha value is -1.80. The van der Waals surface area contributed by atoms with Crippen molar-refractivity contribution in [2.75, 3.05) is 5.32 Å². The van der Waals surface area contributed by atoms with Crippen molar-refractivity contribution >= 4 is 5.69 Å². The van der Waals surface area contributed by atoms with E-state index < -0.39 is 0 Å². The Labute approximate surface area is 122 Å². The van der Waals surface area contributed by atoms with Gasteiger partial charge >= 0.3 is 0 Å². The average Bonchev–Trinajstić information content (AvgIpc) is 2.39. The summed E-state index contributed by atoms with van der Waals surface area (Å²) >= 11 is 0. The molecule has 106 valence electrons. The first-order valence-electron chi connectivity index (χ1n) is 7.02.